The van der Waals surface area contributed by atoms with E-state index in [1.165, 1.54) is 39.4 Å². The van der Waals surface area contributed by atoms with Crippen molar-refractivity contribution in [1.29, 1.82) is 0 Å². The number of nitrogens with one attached hydrogen (secondary N) is 2. The quantitative estimate of drug-likeness (QED) is 0.155. The van der Waals surface area contributed by atoms with Crippen molar-refractivity contribution >= 4 is 41.4 Å². The molecule has 0 aliphatic carbocycles. The zero-order chi connectivity index (χ0) is 43.3. The molecule has 2 heterocycles. The summed E-state index contributed by atoms with van der Waals surface area (Å²) < 4.78 is 37.6. The van der Waals surface area contributed by atoms with Crippen LogP contribution < -0.4 is 16.4 Å². The van der Waals surface area contributed by atoms with Gasteiger partial charge >= 0.3 is 11.9 Å². The first-order chi connectivity index (χ1) is 27.2. The number of ether oxygens (including phenoxy) is 2. The fourth-order valence-electron chi connectivity index (χ4n) is 6.18. The van der Waals surface area contributed by atoms with E-state index < -0.39 is 102 Å². The highest BCUT2D eigenvalue weighted by Gasteiger charge is 2.49. The molecule has 1 saturated heterocycles. The van der Waals surface area contributed by atoms with Crippen molar-refractivity contribution < 1.29 is 51.8 Å². The van der Waals surface area contributed by atoms with Crippen LogP contribution in [0.2, 0.25) is 0 Å². The predicted molar refractivity (Wildman–Crippen MR) is 205 cm³/mol. The number of imide groups is 3. The molecule has 16 nitrogen and oxygen atoms in total. The Hall–Kier alpha value is -5.23. The van der Waals surface area contributed by atoms with E-state index in [4.69, 9.17) is 15.2 Å². The van der Waals surface area contributed by atoms with Gasteiger partial charge in [0.25, 0.3) is 11.8 Å². The smallest absolute Gasteiger partial charge is 0.398 e. The van der Waals surface area contributed by atoms with Crippen molar-refractivity contribution in [2.45, 2.75) is 129 Å². The van der Waals surface area contributed by atoms with Crippen molar-refractivity contribution in [3.63, 3.8) is 0 Å². The number of hydrogen-bond acceptors (Lipinski definition) is 12. The topological polar surface area (TPSA) is 220 Å². The maximum Gasteiger partial charge on any atom is 0.398 e. The van der Waals surface area contributed by atoms with Gasteiger partial charge in [-0.15, -0.1) is 0 Å². The molecule has 58 heavy (non-hydrogen) atoms. The van der Waals surface area contributed by atoms with E-state index in [9.17, 15) is 42.3 Å². The summed E-state index contributed by atoms with van der Waals surface area (Å²) in [6.45, 7) is 11.3. The zero-order valence-electron chi connectivity index (χ0n) is 34.0. The highest BCUT2D eigenvalue weighted by atomic mass is 19.3. The molecule has 18 heteroatoms. The van der Waals surface area contributed by atoms with Crippen molar-refractivity contribution in [3.8, 4) is 0 Å². The summed E-state index contributed by atoms with van der Waals surface area (Å²) >= 11 is 0. The number of likely N-dealkylation sites (tertiary alicyclic amines) is 1. The van der Waals surface area contributed by atoms with Crippen LogP contribution in [-0.4, -0.2) is 110 Å². The Balaban J connectivity index is 2.03. The highest BCUT2D eigenvalue weighted by Crippen LogP contribution is 2.27. The number of rotatable bonds is 17. The van der Waals surface area contributed by atoms with Crippen LogP contribution in [0.3, 0.4) is 0 Å². The molecule has 318 valence electrons. The number of carbonyl (C=O) groups excluding carboxylic acids is 7. The molecular formula is C40H55F2N7O9. The molecule has 6 atom stereocenters. The van der Waals surface area contributed by atoms with Crippen LogP contribution >= 0.6 is 0 Å². The second kappa shape index (κ2) is 21.5. The summed E-state index contributed by atoms with van der Waals surface area (Å²) in [5.41, 5.74) is 5.27. The number of esters is 1. The second-order valence-corrected chi connectivity index (χ2v) is 15.7. The molecule has 1 aromatic carbocycles. The summed E-state index contributed by atoms with van der Waals surface area (Å²) in [6, 6.07) is 3.48. The van der Waals surface area contributed by atoms with Crippen LogP contribution in [0.1, 0.15) is 96.6 Å². The Morgan fingerprint density at radius 1 is 1.00 bits per heavy atom. The minimum atomic E-state index is -2.91. The summed E-state index contributed by atoms with van der Waals surface area (Å²) in [6.07, 6.45) is -1.38. The van der Waals surface area contributed by atoms with E-state index in [2.05, 4.69) is 20.6 Å². The van der Waals surface area contributed by atoms with Gasteiger partial charge in [0.15, 0.2) is 0 Å². The molecule has 4 N–H and O–H groups in total. The number of nitrogens with two attached hydrogens (primary N) is 1. The molecular weight excluding hydrogens is 760 g/mol. The van der Waals surface area contributed by atoms with Gasteiger partial charge in [-0.1, -0.05) is 64.4 Å². The van der Waals surface area contributed by atoms with Crippen molar-refractivity contribution in [2.75, 3.05) is 6.54 Å². The van der Waals surface area contributed by atoms with Gasteiger partial charge < -0.3 is 30.7 Å². The fraction of sp³-hybridized carbons (Fsp3) is 0.575. The number of alkyl halides is 2. The molecule has 0 bridgehead atoms. The lowest BCUT2D eigenvalue weighted by Crippen LogP contribution is -2.60. The van der Waals surface area contributed by atoms with Gasteiger partial charge in [0.05, 0.1) is 18.9 Å². The molecule has 0 unspecified atom stereocenters. The molecule has 1 aromatic heterocycles. The molecule has 2 aromatic rings. The number of amides is 6. The maximum atomic E-state index is 14.7. The van der Waals surface area contributed by atoms with E-state index in [0.29, 0.717) is 6.42 Å². The van der Waals surface area contributed by atoms with Gasteiger partial charge in [-0.2, -0.15) is 0 Å². The molecule has 1 aliphatic heterocycles. The van der Waals surface area contributed by atoms with Gasteiger partial charge in [-0.25, -0.2) is 23.5 Å². The molecule has 0 spiro atoms. The molecule has 0 saturated carbocycles. The highest BCUT2D eigenvalue weighted by molar-refractivity contribution is 6.39. The van der Waals surface area contributed by atoms with E-state index in [1.54, 1.807) is 38.1 Å². The van der Waals surface area contributed by atoms with Crippen molar-refractivity contribution in [3.05, 3.63) is 60.2 Å². The SMILES string of the molecule is CC[C@H](C)[C@H](NC(=O)[C@H](CC(C)C)NC(=O)c1cnccn1)C(=O)N1C[C@H](OCc2ccccc2)C[C@H]1C(=O)N(C(=O)C[C@H](N)CC(F)F)C(=O)C(=O)OC(C)(C)C. The van der Waals surface area contributed by atoms with Gasteiger partial charge in [-0.05, 0) is 44.6 Å². The molecule has 1 fully saturated rings. The Morgan fingerprint density at radius 3 is 2.24 bits per heavy atom. The molecule has 6 amide bonds. The second-order valence-electron chi connectivity index (χ2n) is 15.7. The van der Waals surface area contributed by atoms with Crippen LogP contribution in [0.4, 0.5) is 8.78 Å². The van der Waals surface area contributed by atoms with Crippen LogP contribution in [0.5, 0.6) is 0 Å². The molecule has 1 aliphatic rings. The third kappa shape index (κ3) is 14.0. The first-order valence-electron chi connectivity index (χ1n) is 19.2. The van der Waals surface area contributed by atoms with Crippen molar-refractivity contribution in [2.24, 2.45) is 17.6 Å². The van der Waals surface area contributed by atoms with E-state index >= 15 is 0 Å². The Morgan fingerprint density at radius 2 is 1.67 bits per heavy atom. The number of benzene rings is 1. The van der Waals surface area contributed by atoms with Gasteiger partial charge in [-0.3, -0.25) is 33.8 Å². The first-order valence-corrected chi connectivity index (χ1v) is 19.2. The maximum absolute atomic E-state index is 14.7. The van der Waals surface area contributed by atoms with Gasteiger partial charge in [0.2, 0.25) is 24.1 Å². The summed E-state index contributed by atoms with van der Waals surface area (Å²) in [5, 5.41) is 5.42. The number of halogens is 2. The number of nitrogens with zero attached hydrogens (tertiary/aromatic N) is 4. The van der Waals surface area contributed by atoms with Crippen LogP contribution in [-0.2, 0) is 44.8 Å². The van der Waals surface area contributed by atoms with E-state index in [-0.39, 0.29) is 42.5 Å². The van der Waals surface area contributed by atoms with Crippen LogP contribution in [0.25, 0.3) is 0 Å². The lowest BCUT2D eigenvalue weighted by Gasteiger charge is -2.33. The first kappa shape index (κ1) is 47.1. The van der Waals surface area contributed by atoms with E-state index in [1.807, 2.05) is 19.9 Å². The van der Waals surface area contributed by atoms with Crippen LogP contribution in [0.15, 0.2) is 48.9 Å². The van der Waals surface area contributed by atoms with Crippen LogP contribution in [0, 0.1) is 11.8 Å². The number of aromatic nitrogens is 2. The number of carbonyl (C=O) groups is 7. The summed E-state index contributed by atoms with van der Waals surface area (Å²) in [7, 11) is 0. The minimum absolute atomic E-state index is 0.00142. The van der Waals surface area contributed by atoms with Gasteiger partial charge in [0.1, 0.15) is 29.4 Å². The normalized spacial score (nSPS) is 17.6. The van der Waals surface area contributed by atoms with Gasteiger partial charge in [0, 0.05) is 44.2 Å². The monoisotopic (exact) mass is 815 g/mol. The predicted octanol–water partition coefficient (Wildman–Crippen LogP) is 2.93. The van der Waals surface area contributed by atoms with Crippen molar-refractivity contribution in [1.82, 2.24) is 30.4 Å². The molecule has 0 radical (unpaired) electrons. The largest absolute Gasteiger partial charge is 0.453 e. The third-order valence-electron chi connectivity index (χ3n) is 9.23. The summed E-state index contributed by atoms with van der Waals surface area (Å²) in [4.78, 5) is 105. The Kier molecular flexibility index (Phi) is 17.5. The minimum Gasteiger partial charge on any atom is -0.453 e. The summed E-state index contributed by atoms with van der Waals surface area (Å²) in [5.74, 6) is -8.72. The average molecular weight is 816 g/mol. The zero-order valence-corrected chi connectivity index (χ0v) is 34.0. The van der Waals surface area contributed by atoms with E-state index in [0.717, 1.165) is 10.5 Å². The lowest BCUT2D eigenvalue weighted by atomic mass is 9.96. The molecule has 3 rings (SSSR count). The number of hydrogen-bond donors (Lipinski definition) is 3. The fourth-order valence-corrected chi connectivity index (χ4v) is 6.18. The third-order valence-corrected chi connectivity index (χ3v) is 9.23. The standard InChI is InChI=1S/C40H55F2N7O9/c1-8-24(4)33(47-34(51)28(16-23(2)3)46-35(52)29-20-44-14-15-45-29)37(54)48-21-27(57-22-25-12-10-9-11-13-25)19-30(48)36(53)49(32(50)18-26(43)17-31(41)42)38(55)39(56)58-40(5,6)7/h9-15,20,23-24,26-28,30-31,33H,8,16-19,21-22,43H2,1-7H3,(H,46,52)(H,47,51)/t24-,26+,27+,28-,30-,33-/m0/s1. The Bertz CT molecular complexity index is 1740. The lowest BCUT2D eigenvalue weighted by molar-refractivity contribution is -0.174. The Labute approximate surface area is 337 Å². The average Bonchev–Trinajstić information content (AvgIpc) is 3.59.